The van der Waals surface area contributed by atoms with Gasteiger partial charge in [-0.15, -0.1) is 0 Å². The minimum Gasteiger partial charge on any atom is -0.462 e. The van der Waals surface area contributed by atoms with Gasteiger partial charge in [0.1, 0.15) is 19.3 Å². The van der Waals surface area contributed by atoms with Crippen LogP contribution in [0.5, 0.6) is 0 Å². The van der Waals surface area contributed by atoms with Crippen molar-refractivity contribution >= 4 is 39.5 Å². The minimum atomic E-state index is -5.01. The zero-order valence-corrected chi connectivity index (χ0v) is 66.7. The Morgan fingerprint density at radius 3 is 0.856 bits per heavy atom. The summed E-state index contributed by atoms with van der Waals surface area (Å²) < 4.78 is 68.5. The number of rotatable bonds is 74. The summed E-state index contributed by atoms with van der Waals surface area (Å²) in [5, 5.41) is 10.6. The molecule has 19 heteroatoms. The van der Waals surface area contributed by atoms with E-state index < -0.39 is 97.5 Å². The second kappa shape index (κ2) is 76.1. The molecule has 0 aromatic carbocycles. The molecule has 594 valence electrons. The van der Waals surface area contributed by atoms with Crippen molar-refractivity contribution in [1.82, 2.24) is 0 Å². The van der Waals surface area contributed by atoms with Crippen molar-refractivity contribution < 1.29 is 80.2 Å². The van der Waals surface area contributed by atoms with E-state index in [1.165, 1.54) is 51.4 Å². The van der Waals surface area contributed by atoms with Crippen molar-refractivity contribution in [3.63, 3.8) is 0 Å². The van der Waals surface area contributed by atoms with Gasteiger partial charge >= 0.3 is 39.5 Å². The Morgan fingerprint density at radius 1 is 0.288 bits per heavy atom. The number of aliphatic hydroxyl groups is 1. The topological polar surface area (TPSA) is 237 Å². The molecule has 0 rings (SSSR count). The van der Waals surface area contributed by atoms with Gasteiger partial charge in [0.15, 0.2) is 12.2 Å². The third kappa shape index (κ3) is 75.2. The summed E-state index contributed by atoms with van der Waals surface area (Å²) in [7, 11) is -10.00. The molecular formula is C85H142O17P2. The van der Waals surface area contributed by atoms with E-state index in [0.717, 1.165) is 180 Å². The highest BCUT2D eigenvalue weighted by Crippen LogP contribution is 2.45. The number of allylic oxidation sites excluding steroid dienone is 23. The average Bonchev–Trinajstić information content (AvgIpc) is 0.925. The van der Waals surface area contributed by atoms with Crippen LogP contribution >= 0.6 is 15.6 Å². The normalized spacial score (nSPS) is 14.6. The van der Waals surface area contributed by atoms with Crippen LogP contribution in [0.15, 0.2) is 146 Å². The lowest BCUT2D eigenvalue weighted by molar-refractivity contribution is -0.161. The van der Waals surface area contributed by atoms with Crippen LogP contribution < -0.4 is 0 Å². The molecule has 0 aliphatic heterocycles. The molecule has 0 spiro atoms. The number of unbranched alkanes of at least 4 members (excludes halogenated alkanes) is 25. The maximum Gasteiger partial charge on any atom is 0.472 e. The van der Waals surface area contributed by atoms with E-state index in [1.807, 2.05) is 12.2 Å². The molecule has 0 heterocycles. The average molecular weight is 1500 g/mol. The highest BCUT2D eigenvalue weighted by Gasteiger charge is 2.30. The van der Waals surface area contributed by atoms with Gasteiger partial charge in [0.05, 0.1) is 32.8 Å². The summed E-state index contributed by atoms with van der Waals surface area (Å²) in [6.07, 6.45) is 87.1. The van der Waals surface area contributed by atoms with Gasteiger partial charge in [0.25, 0.3) is 0 Å². The molecule has 0 aliphatic carbocycles. The van der Waals surface area contributed by atoms with E-state index in [4.69, 9.17) is 37.0 Å². The summed E-state index contributed by atoms with van der Waals surface area (Å²) in [6.45, 7) is 4.41. The number of carbonyl (C=O) groups is 4. The highest BCUT2D eigenvalue weighted by molar-refractivity contribution is 7.47. The van der Waals surface area contributed by atoms with Gasteiger partial charge < -0.3 is 33.8 Å². The fraction of sp³-hybridized carbons (Fsp3) is 0.671. The molecule has 5 unspecified atom stereocenters. The number of carbonyl (C=O) groups excluding carboxylic acids is 4. The Balaban J connectivity index is 5.42. The van der Waals surface area contributed by atoms with Crippen LogP contribution in [0.1, 0.15) is 310 Å². The van der Waals surface area contributed by atoms with Gasteiger partial charge in [-0.1, -0.05) is 308 Å². The van der Waals surface area contributed by atoms with Gasteiger partial charge in [-0.2, -0.15) is 0 Å². The Hall–Kier alpha value is -5.06. The maximum atomic E-state index is 13.1. The third-order valence-electron chi connectivity index (χ3n) is 16.3. The maximum absolute atomic E-state index is 13.1. The molecule has 0 aromatic rings. The smallest absolute Gasteiger partial charge is 0.462 e. The highest BCUT2D eigenvalue weighted by atomic mass is 31.2. The van der Waals surface area contributed by atoms with Gasteiger partial charge in [0, 0.05) is 19.3 Å². The molecule has 0 saturated heterocycles. The first-order valence-electron chi connectivity index (χ1n) is 40.1. The molecule has 3 N–H and O–H groups in total. The summed E-state index contributed by atoms with van der Waals surface area (Å²) in [5.41, 5.74) is 0. The van der Waals surface area contributed by atoms with Gasteiger partial charge in [-0.25, -0.2) is 9.13 Å². The second-order valence-corrected chi connectivity index (χ2v) is 29.1. The summed E-state index contributed by atoms with van der Waals surface area (Å²) >= 11 is 0. The first-order valence-corrected chi connectivity index (χ1v) is 43.1. The number of phosphoric ester groups is 2. The van der Waals surface area contributed by atoms with E-state index in [1.54, 1.807) is 12.2 Å². The zero-order chi connectivity index (χ0) is 76.0. The minimum absolute atomic E-state index is 0.0886. The Morgan fingerprint density at radius 2 is 0.538 bits per heavy atom. The number of ether oxygens (including phenoxy) is 4. The Bertz CT molecular complexity index is 2540. The standard InChI is InChI=1S/C85H142O17P2/c1-5-9-13-17-21-25-29-33-36-38-39-41-44-47-50-54-58-62-66-70-83(88)95-75-80(101-84(89)71-67-63-59-55-51-45-32-28-24-20-16-12-8-4)77-99-103(91,92)97-73-79(86)74-98-104(93,94)100-78-81(102-85(90)72-68-64-60-56-52-48-42-35-31-27-23-19-15-11-7-3)76-96-82(87)69-65-61-57-53-49-46-43-40-37-34-30-26-22-18-14-10-6-2/h9-11,13-15,21-23,25-27,33-37,39,41-42,52,56,64,68,79-81,86H,5-8,12,16-20,24,28-32,38,40,43-51,53-55,57-63,65-67,69-78H2,1-4H3,(H,91,92)(H,93,94)/b13-9-,14-10-,15-11-,25-21-,26-22-,27-23-,36-33-,37-34-,41-39-,42-35-,56-52-,68-64-. The Labute approximate surface area is 630 Å². The first-order chi connectivity index (χ1) is 50.7. The van der Waals surface area contributed by atoms with Gasteiger partial charge in [-0.05, 0) is 122 Å². The van der Waals surface area contributed by atoms with Gasteiger partial charge in [-0.3, -0.25) is 37.3 Å². The molecule has 0 aromatic heterocycles. The summed E-state index contributed by atoms with van der Waals surface area (Å²) in [4.78, 5) is 73.0. The SMILES string of the molecule is CC/C=C\C/C=C\C/C=C\C/C=C\C/C=C\CC(=O)OC(COC(=O)CCCCCCCCC/C=C\C/C=C\C/C=C\CC)COP(=O)(O)OCC(O)COP(=O)(O)OCC(COC(=O)CCCCCCCC/C=C\C/C=C\C/C=C\C/C=C\CC)OC(=O)CCCCCCCCCCCCCCC. The van der Waals surface area contributed by atoms with Crippen LogP contribution in [0.2, 0.25) is 0 Å². The van der Waals surface area contributed by atoms with Crippen molar-refractivity contribution in [2.75, 3.05) is 39.6 Å². The molecule has 104 heavy (non-hydrogen) atoms. The largest absolute Gasteiger partial charge is 0.472 e. The molecule has 17 nitrogen and oxygen atoms in total. The number of aliphatic hydroxyl groups excluding tert-OH is 1. The first kappa shape index (κ1) is 98.9. The summed E-state index contributed by atoms with van der Waals surface area (Å²) in [5.74, 6) is -2.35. The monoisotopic (exact) mass is 1500 g/mol. The lowest BCUT2D eigenvalue weighted by Crippen LogP contribution is -2.30. The molecule has 0 aliphatic rings. The fourth-order valence-corrected chi connectivity index (χ4v) is 11.9. The van der Waals surface area contributed by atoms with Crippen molar-refractivity contribution in [1.29, 1.82) is 0 Å². The van der Waals surface area contributed by atoms with Crippen molar-refractivity contribution in [3.8, 4) is 0 Å². The van der Waals surface area contributed by atoms with Crippen LogP contribution in [0, 0.1) is 0 Å². The van der Waals surface area contributed by atoms with E-state index in [0.29, 0.717) is 25.7 Å². The number of esters is 4. The molecular weight excluding hydrogens is 1350 g/mol. The van der Waals surface area contributed by atoms with E-state index in [-0.39, 0.29) is 25.7 Å². The summed E-state index contributed by atoms with van der Waals surface area (Å²) in [6, 6.07) is 0. The van der Waals surface area contributed by atoms with E-state index >= 15 is 0 Å². The predicted molar refractivity (Wildman–Crippen MR) is 427 cm³/mol. The predicted octanol–water partition coefficient (Wildman–Crippen LogP) is 23.4. The van der Waals surface area contributed by atoms with Crippen LogP contribution in [0.3, 0.4) is 0 Å². The quantitative estimate of drug-likeness (QED) is 0.0169. The van der Waals surface area contributed by atoms with Crippen LogP contribution in [0.4, 0.5) is 0 Å². The molecule has 0 amide bonds. The van der Waals surface area contributed by atoms with Crippen LogP contribution in [0.25, 0.3) is 0 Å². The van der Waals surface area contributed by atoms with Crippen LogP contribution in [-0.2, 0) is 65.4 Å². The number of phosphoric acid groups is 2. The molecule has 0 saturated carbocycles. The van der Waals surface area contributed by atoms with E-state index in [2.05, 4.69) is 149 Å². The fourth-order valence-electron chi connectivity index (χ4n) is 10.4. The lowest BCUT2D eigenvalue weighted by Gasteiger charge is -2.21. The third-order valence-corrected chi connectivity index (χ3v) is 18.2. The number of hydrogen-bond acceptors (Lipinski definition) is 15. The molecule has 0 fully saturated rings. The second-order valence-electron chi connectivity index (χ2n) is 26.2. The van der Waals surface area contributed by atoms with Crippen molar-refractivity contribution in [2.24, 2.45) is 0 Å². The zero-order valence-electron chi connectivity index (χ0n) is 64.9. The Kier molecular flexibility index (Phi) is 72.4. The van der Waals surface area contributed by atoms with Crippen LogP contribution in [-0.4, -0.2) is 96.7 Å². The molecule has 5 atom stereocenters. The van der Waals surface area contributed by atoms with E-state index in [9.17, 15) is 43.2 Å². The lowest BCUT2D eigenvalue weighted by atomic mass is 10.0. The van der Waals surface area contributed by atoms with Crippen molar-refractivity contribution in [2.45, 2.75) is 329 Å². The molecule has 0 radical (unpaired) electrons. The van der Waals surface area contributed by atoms with Crippen molar-refractivity contribution in [3.05, 3.63) is 146 Å². The number of hydrogen-bond donors (Lipinski definition) is 3. The van der Waals surface area contributed by atoms with Gasteiger partial charge in [0.2, 0.25) is 0 Å². The molecule has 0 bridgehead atoms.